The number of aryl methyl sites for hydroxylation is 1. The van der Waals surface area contributed by atoms with E-state index in [0.29, 0.717) is 40.0 Å². The quantitative estimate of drug-likeness (QED) is 0.605. The lowest BCUT2D eigenvalue weighted by Crippen LogP contribution is -2.07. The molecule has 0 fully saturated rings. The summed E-state index contributed by atoms with van der Waals surface area (Å²) in [5, 5.41) is 7.25. The maximum atomic E-state index is 12.2. The van der Waals surface area contributed by atoms with Crippen LogP contribution in [-0.4, -0.2) is 49.0 Å². The Morgan fingerprint density at radius 2 is 1.79 bits per heavy atom. The number of methoxy groups -OCH3 is 3. The number of carbonyl (C=O) groups is 1. The molecule has 10 heteroatoms. The Hall–Kier alpha value is -3.56. The fourth-order valence-electron chi connectivity index (χ4n) is 2.68. The van der Waals surface area contributed by atoms with Crippen molar-refractivity contribution in [3.8, 4) is 17.2 Å². The van der Waals surface area contributed by atoms with E-state index in [1.54, 1.807) is 26.0 Å². The van der Waals surface area contributed by atoms with Crippen LogP contribution in [0.5, 0.6) is 17.2 Å². The van der Waals surface area contributed by atoms with Crippen LogP contribution in [0.3, 0.4) is 0 Å². The largest absolute Gasteiger partial charge is 0.493 e. The monoisotopic (exact) mass is 388 g/mol. The highest BCUT2D eigenvalue weighted by Crippen LogP contribution is 2.41. The molecule has 0 saturated heterocycles. The van der Waals surface area contributed by atoms with Gasteiger partial charge < -0.3 is 28.8 Å². The van der Waals surface area contributed by atoms with Crippen LogP contribution in [-0.2, 0) is 4.74 Å². The molecule has 3 rings (SSSR count). The Balaban J connectivity index is 2.12. The van der Waals surface area contributed by atoms with Crippen LogP contribution in [0.25, 0.3) is 11.1 Å². The van der Waals surface area contributed by atoms with E-state index in [9.17, 15) is 4.79 Å². The minimum absolute atomic E-state index is 0.00760. The third-order valence-corrected chi connectivity index (χ3v) is 3.84. The van der Waals surface area contributed by atoms with Gasteiger partial charge >= 0.3 is 5.97 Å². The summed E-state index contributed by atoms with van der Waals surface area (Å²) in [6, 6.07) is 3.42. The van der Waals surface area contributed by atoms with E-state index in [0.717, 1.165) is 0 Å². The van der Waals surface area contributed by atoms with E-state index in [2.05, 4.69) is 20.4 Å². The molecule has 1 N–H and O–H groups in total. The smallest absolute Gasteiger partial charge is 0.361 e. The van der Waals surface area contributed by atoms with Crippen molar-refractivity contribution in [3.63, 3.8) is 0 Å². The van der Waals surface area contributed by atoms with Gasteiger partial charge in [0, 0.05) is 17.8 Å². The average Bonchev–Trinajstić information content (AvgIpc) is 3.11. The van der Waals surface area contributed by atoms with Gasteiger partial charge in [-0.05, 0) is 13.8 Å². The number of carbonyl (C=O) groups excluding carboxylic acids is 1. The zero-order chi connectivity index (χ0) is 20.3. The van der Waals surface area contributed by atoms with Gasteiger partial charge in [-0.2, -0.15) is 4.98 Å². The minimum atomic E-state index is -0.623. The van der Waals surface area contributed by atoms with Crippen LogP contribution in [0.2, 0.25) is 0 Å². The first-order chi connectivity index (χ1) is 13.5. The number of ether oxygens (including phenoxy) is 4. The molecule has 0 aliphatic rings. The van der Waals surface area contributed by atoms with Gasteiger partial charge in [-0.1, -0.05) is 5.16 Å². The van der Waals surface area contributed by atoms with Crippen LogP contribution in [0, 0.1) is 6.92 Å². The third-order valence-electron chi connectivity index (χ3n) is 3.84. The molecule has 0 amide bonds. The minimum Gasteiger partial charge on any atom is -0.493 e. The summed E-state index contributed by atoms with van der Waals surface area (Å²) in [6.07, 6.45) is 0. The summed E-state index contributed by atoms with van der Waals surface area (Å²) in [4.78, 5) is 20.8. The number of hydrogen-bond acceptors (Lipinski definition) is 10. The van der Waals surface area contributed by atoms with Crippen molar-refractivity contribution >= 4 is 28.6 Å². The lowest BCUT2D eigenvalue weighted by Gasteiger charge is -2.15. The molecule has 0 unspecified atom stereocenters. The Kier molecular flexibility index (Phi) is 5.48. The van der Waals surface area contributed by atoms with Crippen molar-refractivity contribution in [3.05, 3.63) is 23.7 Å². The predicted octanol–water partition coefficient (Wildman–Crippen LogP) is 2.87. The molecule has 10 nitrogen and oxygen atoms in total. The van der Waals surface area contributed by atoms with E-state index in [-0.39, 0.29) is 18.0 Å². The third kappa shape index (κ3) is 3.48. The highest BCUT2D eigenvalue weighted by atomic mass is 16.5. The van der Waals surface area contributed by atoms with Crippen molar-refractivity contribution in [2.24, 2.45) is 0 Å². The number of aromatic nitrogens is 3. The Morgan fingerprint density at radius 1 is 1.11 bits per heavy atom. The summed E-state index contributed by atoms with van der Waals surface area (Å²) in [5.41, 5.74) is 0.752. The number of hydrogen-bond donors (Lipinski definition) is 1. The molecule has 3 aromatic rings. The predicted molar refractivity (Wildman–Crippen MR) is 99.7 cm³/mol. The number of rotatable bonds is 7. The van der Waals surface area contributed by atoms with Crippen molar-refractivity contribution in [2.45, 2.75) is 13.8 Å². The Bertz CT molecular complexity index is 992. The van der Waals surface area contributed by atoms with Crippen molar-refractivity contribution in [1.29, 1.82) is 0 Å². The number of nitrogens with zero attached hydrogens (tertiary/aromatic N) is 3. The molecule has 0 radical (unpaired) electrons. The van der Waals surface area contributed by atoms with Gasteiger partial charge in [-0.3, -0.25) is 0 Å². The second-order valence-corrected chi connectivity index (χ2v) is 5.59. The first kappa shape index (κ1) is 19.2. The van der Waals surface area contributed by atoms with E-state index in [4.69, 9.17) is 23.5 Å². The van der Waals surface area contributed by atoms with E-state index < -0.39 is 5.97 Å². The topological polar surface area (TPSA) is 118 Å². The maximum absolute atomic E-state index is 12.2. The van der Waals surface area contributed by atoms with Gasteiger partial charge in [0.25, 0.3) is 5.71 Å². The molecule has 1 aromatic carbocycles. The number of benzene rings is 1. The molecule has 0 atom stereocenters. The van der Waals surface area contributed by atoms with Crippen LogP contribution in [0.1, 0.15) is 23.2 Å². The molecule has 148 valence electrons. The zero-order valence-corrected chi connectivity index (χ0v) is 16.2. The lowest BCUT2D eigenvalue weighted by molar-refractivity contribution is 0.0517. The Morgan fingerprint density at radius 3 is 2.36 bits per heavy atom. The van der Waals surface area contributed by atoms with Crippen molar-refractivity contribution < 1.29 is 28.3 Å². The Labute approximate surface area is 160 Å². The number of esters is 1. The standard InChI is InChI=1S/C18H20N4O6/c1-6-27-18(23)14-13-16(19-9(2)20-17(13)28-22-14)21-10-7-11(24-3)15(26-5)12(8-10)25-4/h7-8H,6H2,1-5H3,(H,19,20,21). The summed E-state index contributed by atoms with van der Waals surface area (Å²) >= 11 is 0. The molecule has 0 aliphatic carbocycles. The van der Waals surface area contributed by atoms with Gasteiger partial charge in [-0.15, -0.1) is 0 Å². The second-order valence-electron chi connectivity index (χ2n) is 5.59. The average molecular weight is 388 g/mol. The molecule has 0 bridgehead atoms. The highest BCUT2D eigenvalue weighted by molar-refractivity contribution is 6.05. The second kappa shape index (κ2) is 7.99. The maximum Gasteiger partial charge on any atom is 0.361 e. The van der Waals surface area contributed by atoms with E-state index >= 15 is 0 Å². The van der Waals surface area contributed by atoms with Crippen LogP contribution in [0.4, 0.5) is 11.5 Å². The highest BCUT2D eigenvalue weighted by Gasteiger charge is 2.23. The number of anilines is 2. The van der Waals surface area contributed by atoms with Crippen LogP contribution < -0.4 is 19.5 Å². The fraction of sp³-hybridized carbons (Fsp3) is 0.333. The number of nitrogens with one attached hydrogen (secondary N) is 1. The summed E-state index contributed by atoms with van der Waals surface area (Å²) < 4.78 is 26.3. The lowest BCUT2D eigenvalue weighted by atomic mass is 10.2. The fourth-order valence-corrected chi connectivity index (χ4v) is 2.68. The first-order valence-electron chi connectivity index (χ1n) is 8.40. The molecule has 2 aromatic heterocycles. The van der Waals surface area contributed by atoms with Crippen LogP contribution >= 0.6 is 0 Å². The zero-order valence-electron chi connectivity index (χ0n) is 16.2. The van der Waals surface area contributed by atoms with Gasteiger partial charge in [0.05, 0.1) is 27.9 Å². The van der Waals surface area contributed by atoms with Gasteiger partial charge in [0.2, 0.25) is 11.4 Å². The molecular weight excluding hydrogens is 368 g/mol. The van der Waals surface area contributed by atoms with E-state index in [1.807, 2.05) is 0 Å². The van der Waals surface area contributed by atoms with Crippen molar-refractivity contribution in [2.75, 3.05) is 33.3 Å². The van der Waals surface area contributed by atoms with Crippen LogP contribution in [0.15, 0.2) is 16.7 Å². The SMILES string of the molecule is CCOC(=O)c1noc2nc(C)nc(Nc3cc(OC)c(OC)c(OC)c3)c12. The summed E-state index contributed by atoms with van der Waals surface area (Å²) in [7, 11) is 4.56. The van der Waals surface area contributed by atoms with Crippen molar-refractivity contribution in [1.82, 2.24) is 15.1 Å². The summed E-state index contributed by atoms with van der Waals surface area (Å²) in [6.45, 7) is 3.61. The normalized spacial score (nSPS) is 10.6. The summed E-state index contributed by atoms with van der Waals surface area (Å²) in [5.74, 6) is 1.53. The molecule has 2 heterocycles. The number of fused-ring (bicyclic) bond motifs is 1. The molecule has 0 spiro atoms. The molecular formula is C18H20N4O6. The van der Waals surface area contributed by atoms with Gasteiger partial charge in [-0.25, -0.2) is 9.78 Å². The molecule has 0 aliphatic heterocycles. The molecule has 28 heavy (non-hydrogen) atoms. The van der Waals surface area contributed by atoms with E-state index in [1.165, 1.54) is 21.3 Å². The van der Waals surface area contributed by atoms with Gasteiger partial charge in [0.15, 0.2) is 11.5 Å². The van der Waals surface area contributed by atoms with Gasteiger partial charge in [0.1, 0.15) is 17.0 Å². The first-order valence-corrected chi connectivity index (χ1v) is 8.40. The molecule has 0 saturated carbocycles.